The van der Waals surface area contributed by atoms with E-state index in [0.29, 0.717) is 5.92 Å². The van der Waals surface area contributed by atoms with Gasteiger partial charge in [-0.3, -0.25) is 9.88 Å². The van der Waals surface area contributed by atoms with Crippen LogP contribution >= 0.6 is 0 Å². The van der Waals surface area contributed by atoms with Crippen molar-refractivity contribution in [2.45, 2.75) is 46.5 Å². The Kier molecular flexibility index (Phi) is 6.04. The largest absolute Gasteiger partial charge is 0.368 e. The van der Waals surface area contributed by atoms with E-state index in [2.05, 4.69) is 54.6 Å². The van der Waals surface area contributed by atoms with Crippen molar-refractivity contribution in [1.29, 1.82) is 0 Å². The van der Waals surface area contributed by atoms with Gasteiger partial charge in [-0.05, 0) is 43.4 Å². The number of rotatable bonds is 6. The Morgan fingerprint density at radius 3 is 2.29 bits per heavy atom. The third-order valence-corrected chi connectivity index (χ3v) is 4.36. The van der Waals surface area contributed by atoms with E-state index >= 15 is 0 Å². The molecule has 1 aromatic heterocycles. The van der Waals surface area contributed by atoms with Crippen molar-refractivity contribution in [2.75, 3.05) is 37.6 Å². The van der Waals surface area contributed by atoms with E-state index in [1.165, 1.54) is 43.9 Å². The molecule has 21 heavy (non-hydrogen) atoms. The van der Waals surface area contributed by atoms with Crippen LogP contribution in [0.2, 0.25) is 0 Å². The van der Waals surface area contributed by atoms with Crippen LogP contribution in [0.4, 0.5) is 5.69 Å². The normalized spacial score (nSPS) is 17.0. The number of aromatic nitrogens is 1. The van der Waals surface area contributed by atoms with Gasteiger partial charge in [-0.2, -0.15) is 0 Å². The first kappa shape index (κ1) is 16.3. The van der Waals surface area contributed by atoms with Crippen molar-refractivity contribution < 1.29 is 0 Å². The van der Waals surface area contributed by atoms with Crippen LogP contribution in [0.15, 0.2) is 18.3 Å². The summed E-state index contributed by atoms with van der Waals surface area (Å²) in [7, 11) is 0. The lowest BCUT2D eigenvalue weighted by Gasteiger charge is -2.36. The van der Waals surface area contributed by atoms with Gasteiger partial charge < -0.3 is 4.90 Å². The van der Waals surface area contributed by atoms with E-state index in [1.54, 1.807) is 0 Å². The van der Waals surface area contributed by atoms with Crippen LogP contribution in [-0.4, -0.2) is 42.6 Å². The molecule has 1 saturated heterocycles. The smallest absolute Gasteiger partial charge is 0.0553 e. The van der Waals surface area contributed by atoms with Gasteiger partial charge in [0, 0.05) is 31.9 Å². The average molecular weight is 289 g/mol. The minimum absolute atomic E-state index is 0.511. The fourth-order valence-electron chi connectivity index (χ4n) is 2.88. The van der Waals surface area contributed by atoms with E-state index in [-0.39, 0.29) is 0 Å². The summed E-state index contributed by atoms with van der Waals surface area (Å²) in [6.07, 6.45) is 4.73. The number of nitrogens with zero attached hydrogens (tertiary/aromatic N) is 3. The number of hydrogen-bond acceptors (Lipinski definition) is 3. The van der Waals surface area contributed by atoms with Gasteiger partial charge in [0.1, 0.15) is 0 Å². The van der Waals surface area contributed by atoms with Crippen molar-refractivity contribution in [1.82, 2.24) is 9.88 Å². The van der Waals surface area contributed by atoms with E-state index in [9.17, 15) is 0 Å². The molecule has 1 aliphatic heterocycles. The van der Waals surface area contributed by atoms with Crippen LogP contribution in [-0.2, 0) is 0 Å². The SMILES string of the molecule is CC(C)CCCN1CCN(c2ccc(C(C)C)nc2)CC1. The summed E-state index contributed by atoms with van der Waals surface area (Å²) in [5.41, 5.74) is 2.47. The van der Waals surface area contributed by atoms with Crippen LogP contribution in [0, 0.1) is 5.92 Å². The zero-order chi connectivity index (χ0) is 15.2. The molecule has 0 aromatic carbocycles. The first-order chi connectivity index (χ1) is 10.1. The van der Waals surface area contributed by atoms with Crippen molar-refractivity contribution in [3.8, 4) is 0 Å². The number of hydrogen-bond donors (Lipinski definition) is 0. The van der Waals surface area contributed by atoms with Gasteiger partial charge in [-0.15, -0.1) is 0 Å². The predicted molar refractivity (Wildman–Crippen MR) is 91.1 cm³/mol. The molecule has 1 aromatic rings. The highest BCUT2D eigenvalue weighted by molar-refractivity contribution is 5.45. The Balaban J connectivity index is 1.78. The summed E-state index contributed by atoms with van der Waals surface area (Å²) in [5.74, 6) is 1.34. The number of piperazine rings is 1. The maximum absolute atomic E-state index is 4.59. The molecule has 0 spiro atoms. The lowest BCUT2D eigenvalue weighted by Crippen LogP contribution is -2.46. The Hall–Kier alpha value is -1.09. The van der Waals surface area contributed by atoms with Crippen LogP contribution in [0.3, 0.4) is 0 Å². The number of pyridine rings is 1. The van der Waals surface area contributed by atoms with Gasteiger partial charge in [0.15, 0.2) is 0 Å². The Bertz CT molecular complexity index is 403. The van der Waals surface area contributed by atoms with E-state index < -0.39 is 0 Å². The standard InChI is InChI=1S/C18H31N3/c1-15(2)6-5-9-20-10-12-21(13-11-20)17-7-8-18(16(3)4)19-14-17/h7-8,14-16H,5-6,9-13H2,1-4H3. The second kappa shape index (κ2) is 7.79. The van der Waals surface area contributed by atoms with Gasteiger partial charge in [-0.25, -0.2) is 0 Å². The maximum atomic E-state index is 4.59. The third kappa shape index (κ3) is 4.99. The molecule has 0 amide bonds. The van der Waals surface area contributed by atoms with E-state index in [4.69, 9.17) is 0 Å². The highest BCUT2D eigenvalue weighted by Crippen LogP contribution is 2.19. The Morgan fingerprint density at radius 1 is 1.05 bits per heavy atom. The molecular formula is C18H31N3. The molecule has 0 N–H and O–H groups in total. The molecule has 118 valence electrons. The molecule has 1 fully saturated rings. The van der Waals surface area contributed by atoms with Gasteiger partial charge in [0.2, 0.25) is 0 Å². The molecule has 3 heteroatoms. The van der Waals surface area contributed by atoms with Crippen LogP contribution in [0.25, 0.3) is 0 Å². The maximum Gasteiger partial charge on any atom is 0.0553 e. The van der Waals surface area contributed by atoms with Crippen molar-refractivity contribution in [3.63, 3.8) is 0 Å². The second-order valence-electron chi connectivity index (χ2n) is 6.96. The molecule has 0 saturated carbocycles. The Morgan fingerprint density at radius 2 is 1.76 bits per heavy atom. The van der Waals surface area contributed by atoms with Crippen molar-refractivity contribution in [3.05, 3.63) is 24.0 Å². The fourth-order valence-corrected chi connectivity index (χ4v) is 2.88. The fraction of sp³-hybridized carbons (Fsp3) is 0.722. The molecule has 0 atom stereocenters. The summed E-state index contributed by atoms with van der Waals surface area (Å²) in [6.45, 7) is 14.9. The quantitative estimate of drug-likeness (QED) is 0.795. The summed E-state index contributed by atoms with van der Waals surface area (Å²) in [6, 6.07) is 4.41. The first-order valence-electron chi connectivity index (χ1n) is 8.49. The summed E-state index contributed by atoms with van der Waals surface area (Å²) < 4.78 is 0. The van der Waals surface area contributed by atoms with Gasteiger partial charge in [0.05, 0.1) is 11.9 Å². The summed E-state index contributed by atoms with van der Waals surface area (Å²) in [5, 5.41) is 0. The monoisotopic (exact) mass is 289 g/mol. The molecule has 0 bridgehead atoms. The zero-order valence-corrected chi connectivity index (χ0v) is 14.2. The molecule has 3 nitrogen and oxygen atoms in total. The van der Waals surface area contributed by atoms with Crippen LogP contribution in [0.1, 0.15) is 52.1 Å². The highest BCUT2D eigenvalue weighted by Gasteiger charge is 2.17. The van der Waals surface area contributed by atoms with Gasteiger partial charge in [0.25, 0.3) is 0 Å². The molecular weight excluding hydrogens is 258 g/mol. The van der Waals surface area contributed by atoms with Crippen molar-refractivity contribution >= 4 is 5.69 Å². The Labute approximate surface area is 130 Å². The molecule has 2 heterocycles. The van der Waals surface area contributed by atoms with Gasteiger partial charge >= 0.3 is 0 Å². The van der Waals surface area contributed by atoms with Crippen molar-refractivity contribution in [2.24, 2.45) is 5.92 Å². The van der Waals surface area contributed by atoms with E-state index in [0.717, 1.165) is 19.0 Å². The van der Waals surface area contributed by atoms with E-state index in [1.807, 2.05) is 6.20 Å². The molecule has 0 radical (unpaired) electrons. The second-order valence-corrected chi connectivity index (χ2v) is 6.96. The molecule has 0 aliphatic carbocycles. The zero-order valence-electron chi connectivity index (χ0n) is 14.2. The minimum Gasteiger partial charge on any atom is -0.368 e. The van der Waals surface area contributed by atoms with Gasteiger partial charge in [-0.1, -0.05) is 27.7 Å². The molecule has 2 rings (SSSR count). The third-order valence-electron chi connectivity index (χ3n) is 4.36. The summed E-state index contributed by atoms with van der Waals surface area (Å²) >= 11 is 0. The van der Waals surface area contributed by atoms with Crippen LogP contribution in [0.5, 0.6) is 0 Å². The first-order valence-corrected chi connectivity index (χ1v) is 8.49. The minimum atomic E-state index is 0.511. The topological polar surface area (TPSA) is 19.4 Å². The number of anilines is 1. The van der Waals surface area contributed by atoms with Crippen LogP contribution < -0.4 is 4.90 Å². The highest BCUT2D eigenvalue weighted by atomic mass is 15.3. The molecule has 0 unspecified atom stereocenters. The molecule has 1 aliphatic rings. The lowest BCUT2D eigenvalue weighted by molar-refractivity contribution is 0.248. The lowest BCUT2D eigenvalue weighted by atomic mass is 10.1. The summed E-state index contributed by atoms with van der Waals surface area (Å²) in [4.78, 5) is 9.66. The average Bonchev–Trinajstić information content (AvgIpc) is 2.48. The predicted octanol–water partition coefficient (Wildman–Crippen LogP) is 3.76.